The van der Waals surface area contributed by atoms with Crippen LogP contribution in [0.25, 0.3) is 10.4 Å². The van der Waals surface area contributed by atoms with Gasteiger partial charge < -0.3 is 10.8 Å². The second-order valence-electron chi connectivity index (χ2n) is 3.06. The van der Waals surface area contributed by atoms with Gasteiger partial charge in [0.25, 0.3) is 0 Å². The third kappa shape index (κ3) is 1.85. The highest BCUT2D eigenvalue weighted by atomic mass is 32.1. The number of nitrogens with two attached hydrogens (primary N) is 1. The first-order valence-corrected chi connectivity index (χ1v) is 5.18. The van der Waals surface area contributed by atoms with E-state index in [1.807, 2.05) is 30.3 Å². The molecule has 1 heterocycles. The topological polar surface area (TPSA) is 63.3 Å². The highest BCUT2D eigenvalue weighted by molar-refractivity contribution is 7.19. The molecule has 0 aliphatic carbocycles. The summed E-state index contributed by atoms with van der Waals surface area (Å²) in [4.78, 5) is 11.7. The SMILES string of the molecule is Nc1sc(-c2ccccc2)cc1C(=O)O. The summed E-state index contributed by atoms with van der Waals surface area (Å²) in [6, 6.07) is 11.2. The van der Waals surface area contributed by atoms with Gasteiger partial charge in [0.15, 0.2) is 0 Å². The molecule has 0 saturated heterocycles. The van der Waals surface area contributed by atoms with Gasteiger partial charge in [0.1, 0.15) is 5.00 Å². The predicted octanol–water partition coefficient (Wildman–Crippen LogP) is 2.70. The Morgan fingerprint density at radius 1 is 1.27 bits per heavy atom. The van der Waals surface area contributed by atoms with Crippen molar-refractivity contribution in [2.45, 2.75) is 0 Å². The lowest BCUT2D eigenvalue weighted by Crippen LogP contribution is -1.97. The first-order chi connectivity index (χ1) is 7.18. The van der Waals surface area contributed by atoms with Crippen molar-refractivity contribution in [3.05, 3.63) is 42.0 Å². The average molecular weight is 219 g/mol. The number of hydrogen-bond donors (Lipinski definition) is 2. The van der Waals surface area contributed by atoms with E-state index in [9.17, 15) is 4.79 Å². The molecule has 2 rings (SSSR count). The van der Waals surface area contributed by atoms with Crippen LogP contribution in [0.3, 0.4) is 0 Å². The van der Waals surface area contributed by atoms with Gasteiger partial charge in [-0.15, -0.1) is 11.3 Å². The summed E-state index contributed by atoms with van der Waals surface area (Å²) >= 11 is 1.29. The number of hydrogen-bond acceptors (Lipinski definition) is 3. The second-order valence-corrected chi connectivity index (χ2v) is 4.14. The summed E-state index contributed by atoms with van der Waals surface area (Å²) in [6.07, 6.45) is 0. The Morgan fingerprint density at radius 3 is 2.47 bits per heavy atom. The van der Waals surface area contributed by atoms with Gasteiger partial charge in [0.05, 0.1) is 5.56 Å². The highest BCUT2D eigenvalue weighted by Crippen LogP contribution is 2.33. The molecule has 0 amide bonds. The van der Waals surface area contributed by atoms with Crippen LogP contribution in [0.4, 0.5) is 5.00 Å². The van der Waals surface area contributed by atoms with E-state index in [1.165, 1.54) is 11.3 Å². The van der Waals surface area contributed by atoms with Crippen LogP contribution in [0.2, 0.25) is 0 Å². The smallest absolute Gasteiger partial charge is 0.338 e. The van der Waals surface area contributed by atoms with Gasteiger partial charge >= 0.3 is 5.97 Å². The average Bonchev–Trinajstić information content (AvgIpc) is 2.62. The van der Waals surface area contributed by atoms with E-state index >= 15 is 0 Å². The molecule has 1 aromatic carbocycles. The maximum absolute atomic E-state index is 10.8. The zero-order chi connectivity index (χ0) is 10.8. The molecule has 0 saturated carbocycles. The third-order valence-corrected chi connectivity index (χ3v) is 3.06. The van der Waals surface area contributed by atoms with E-state index in [4.69, 9.17) is 10.8 Å². The van der Waals surface area contributed by atoms with Crippen LogP contribution in [-0.2, 0) is 0 Å². The van der Waals surface area contributed by atoms with Crippen LogP contribution in [0.15, 0.2) is 36.4 Å². The van der Waals surface area contributed by atoms with E-state index in [1.54, 1.807) is 6.07 Å². The van der Waals surface area contributed by atoms with Gasteiger partial charge in [-0.1, -0.05) is 30.3 Å². The number of carboxylic acid groups (broad SMARTS) is 1. The quantitative estimate of drug-likeness (QED) is 0.816. The summed E-state index contributed by atoms with van der Waals surface area (Å²) in [5.74, 6) is -0.981. The largest absolute Gasteiger partial charge is 0.478 e. The molecule has 1 aromatic heterocycles. The zero-order valence-corrected chi connectivity index (χ0v) is 8.62. The first-order valence-electron chi connectivity index (χ1n) is 4.36. The van der Waals surface area contributed by atoms with Gasteiger partial charge in [-0.3, -0.25) is 0 Å². The maximum Gasteiger partial charge on any atom is 0.338 e. The molecular weight excluding hydrogens is 210 g/mol. The number of carbonyl (C=O) groups is 1. The van der Waals surface area contributed by atoms with Gasteiger partial charge in [-0.2, -0.15) is 0 Å². The molecule has 0 fully saturated rings. The molecule has 3 nitrogen and oxygen atoms in total. The van der Waals surface area contributed by atoms with Crippen LogP contribution in [-0.4, -0.2) is 11.1 Å². The Kier molecular flexibility index (Phi) is 2.43. The zero-order valence-electron chi connectivity index (χ0n) is 7.81. The van der Waals surface area contributed by atoms with Gasteiger partial charge in [-0.05, 0) is 11.6 Å². The van der Waals surface area contributed by atoms with Crippen molar-refractivity contribution in [1.29, 1.82) is 0 Å². The summed E-state index contributed by atoms with van der Waals surface area (Å²) in [6.45, 7) is 0. The van der Waals surface area contributed by atoms with Gasteiger partial charge in [-0.25, -0.2) is 4.79 Å². The molecule has 0 radical (unpaired) electrons. The van der Waals surface area contributed by atoms with Crippen molar-refractivity contribution < 1.29 is 9.90 Å². The van der Waals surface area contributed by atoms with Crippen molar-refractivity contribution >= 4 is 22.3 Å². The standard InChI is InChI=1S/C11H9NO2S/c12-10-8(11(13)14)6-9(15-10)7-4-2-1-3-5-7/h1-6H,12H2,(H,13,14). The molecule has 0 aliphatic heterocycles. The molecule has 0 aliphatic rings. The number of rotatable bonds is 2. The summed E-state index contributed by atoms with van der Waals surface area (Å²) in [7, 11) is 0. The molecule has 76 valence electrons. The highest BCUT2D eigenvalue weighted by Gasteiger charge is 2.13. The fourth-order valence-electron chi connectivity index (χ4n) is 1.32. The predicted molar refractivity (Wildman–Crippen MR) is 61.1 cm³/mol. The molecule has 15 heavy (non-hydrogen) atoms. The fraction of sp³-hybridized carbons (Fsp3) is 0. The fourth-order valence-corrected chi connectivity index (χ4v) is 2.24. The van der Waals surface area contributed by atoms with Crippen LogP contribution in [0, 0.1) is 0 Å². The third-order valence-electron chi connectivity index (χ3n) is 2.05. The number of anilines is 1. The molecule has 2 aromatic rings. The lowest BCUT2D eigenvalue weighted by molar-refractivity contribution is 0.0698. The van der Waals surface area contributed by atoms with Crippen molar-refractivity contribution in [3.8, 4) is 10.4 Å². The molecule has 0 bridgehead atoms. The monoisotopic (exact) mass is 219 g/mol. The van der Waals surface area contributed by atoms with Gasteiger partial charge in [0.2, 0.25) is 0 Å². The first kappa shape index (κ1) is 9.73. The number of thiophene rings is 1. The van der Waals surface area contributed by atoms with Crippen molar-refractivity contribution in [2.24, 2.45) is 0 Å². The lowest BCUT2D eigenvalue weighted by atomic mass is 10.1. The lowest BCUT2D eigenvalue weighted by Gasteiger charge is -1.93. The Morgan fingerprint density at radius 2 is 1.93 bits per heavy atom. The van der Waals surface area contributed by atoms with Crippen LogP contribution in [0.1, 0.15) is 10.4 Å². The van der Waals surface area contributed by atoms with E-state index < -0.39 is 5.97 Å². The van der Waals surface area contributed by atoms with Crippen LogP contribution < -0.4 is 5.73 Å². The second kappa shape index (κ2) is 3.74. The van der Waals surface area contributed by atoms with Crippen LogP contribution >= 0.6 is 11.3 Å². The minimum absolute atomic E-state index is 0.179. The molecule has 0 unspecified atom stereocenters. The number of nitrogen functional groups attached to an aromatic ring is 1. The molecule has 4 heteroatoms. The number of aromatic carboxylic acids is 1. The number of benzene rings is 1. The van der Waals surface area contributed by atoms with Crippen molar-refractivity contribution in [1.82, 2.24) is 0 Å². The van der Waals surface area contributed by atoms with E-state index in [0.717, 1.165) is 10.4 Å². The van der Waals surface area contributed by atoms with E-state index in [-0.39, 0.29) is 5.56 Å². The van der Waals surface area contributed by atoms with Crippen molar-refractivity contribution in [2.75, 3.05) is 5.73 Å². The summed E-state index contributed by atoms with van der Waals surface area (Å²) < 4.78 is 0. The van der Waals surface area contributed by atoms with E-state index in [2.05, 4.69) is 0 Å². The molecule has 0 spiro atoms. The Hall–Kier alpha value is -1.81. The molecule has 0 atom stereocenters. The van der Waals surface area contributed by atoms with Crippen LogP contribution in [0.5, 0.6) is 0 Å². The van der Waals surface area contributed by atoms with Gasteiger partial charge in [0, 0.05) is 4.88 Å². The summed E-state index contributed by atoms with van der Waals surface area (Å²) in [5.41, 5.74) is 6.78. The number of carboxylic acids is 1. The minimum Gasteiger partial charge on any atom is -0.478 e. The van der Waals surface area contributed by atoms with Crippen molar-refractivity contribution in [3.63, 3.8) is 0 Å². The molecular formula is C11H9NO2S. The molecule has 3 N–H and O–H groups in total. The Labute approximate surface area is 90.8 Å². The maximum atomic E-state index is 10.8. The Bertz CT molecular complexity index is 491. The van der Waals surface area contributed by atoms with E-state index in [0.29, 0.717) is 5.00 Å². The minimum atomic E-state index is -0.981. The Balaban J connectivity index is 2.48. The summed E-state index contributed by atoms with van der Waals surface area (Å²) in [5, 5.41) is 9.20. The normalized spacial score (nSPS) is 10.1.